The number of carbonyl (C=O) groups excluding carboxylic acids is 2. The van der Waals surface area contributed by atoms with Crippen LogP contribution in [0, 0.1) is 17.6 Å². The molecule has 0 radical (unpaired) electrons. The molecule has 1 saturated heterocycles. The number of fused-ring (bicyclic) bond motifs is 2. The van der Waals surface area contributed by atoms with Crippen molar-refractivity contribution in [3.63, 3.8) is 0 Å². The minimum absolute atomic E-state index is 0.0282. The topological polar surface area (TPSA) is 70.7 Å². The molecule has 2 unspecified atom stereocenters. The van der Waals surface area contributed by atoms with Crippen LogP contribution in [0.15, 0.2) is 36.4 Å². The van der Waals surface area contributed by atoms with Crippen LogP contribution in [0.2, 0.25) is 0 Å². The first-order chi connectivity index (χ1) is 16.4. The van der Waals surface area contributed by atoms with E-state index in [1.165, 1.54) is 19.1 Å². The Labute approximate surface area is 197 Å². The van der Waals surface area contributed by atoms with Gasteiger partial charge in [0.05, 0.1) is 12.5 Å². The maximum atomic E-state index is 14.2. The van der Waals surface area contributed by atoms with Crippen LogP contribution in [0.4, 0.5) is 8.78 Å². The zero-order valence-corrected chi connectivity index (χ0v) is 19.2. The van der Waals surface area contributed by atoms with E-state index in [2.05, 4.69) is 10.6 Å². The minimum atomic E-state index is -0.952. The number of hydrogen-bond donors (Lipinski definition) is 2. The number of benzene rings is 2. The molecule has 2 N–H and O–H groups in total. The number of carbonyl (C=O) groups is 2. The quantitative estimate of drug-likeness (QED) is 0.682. The summed E-state index contributed by atoms with van der Waals surface area (Å²) < 4.78 is 34.3. The van der Waals surface area contributed by atoms with Gasteiger partial charge in [-0.3, -0.25) is 9.59 Å². The largest absolute Gasteiger partial charge is 0.365 e. The highest BCUT2D eigenvalue weighted by Crippen LogP contribution is 2.48. The van der Waals surface area contributed by atoms with E-state index in [9.17, 15) is 18.4 Å². The SMILES string of the molecule is CC(=O)NCc1cccc(CN(C(=O)C2CNCCC23OCc2cc(F)c(F)cc23)C2CC2)c1. The zero-order chi connectivity index (χ0) is 23.9. The Kier molecular flexibility index (Phi) is 6.12. The van der Waals surface area contributed by atoms with E-state index in [1.807, 2.05) is 29.2 Å². The molecule has 0 aromatic heterocycles. The number of piperidine rings is 1. The summed E-state index contributed by atoms with van der Waals surface area (Å²) in [7, 11) is 0. The number of nitrogens with one attached hydrogen (secondary N) is 2. The molecule has 0 bridgehead atoms. The second-order valence-electron chi connectivity index (χ2n) is 9.54. The zero-order valence-electron chi connectivity index (χ0n) is 19.2. The summed E-state index contributed by atoms with van der Waals surface area (Å²) in [5.41, 5.74) is 2.22. The van der Waals surface area contributed by atoms with Gasteiger partial charge in [-0.25, -0.2) is 8.78 Å². The molecular formula is C26H29F2N3O3. The van der Waals surface area contributed by atoms with E-state index in [4.69, 9.17) is 4.74 Å². The molecule has 8 heteroatoms. The molecule has 5 rings (SSSR count). The molecule has 2 aliphatic heterocycles. The number of rotatable bonds is 6. The second kappa shape index (κ2) is 9.07. The van der Waals surface area contributed by atoms with Gasteiger partial charge in [0.2, 0.25) is 11.8 Å². The predicted molar refractivity (Wildman–Crippen MR) is 121 cm³/mol. The van der Waals surface area contributed by atoms with Crippen molar-refractivity contribution in [1.29, 1.82) is 0 Å². The summed E-state index contributed by atoms with van der Waals surface area (Å²) in [5.74, 6) is -2.46. The molecule has 2 aromatic rings. The van der Waals surface area contributed by atoms with Crippen LogP contribution in [0.3, 0.4) is 0 Å². The number of nitrogens with zero attached hydrogens (tertiary/aromatic N) is 1. The summed E-state index contributed by atoms with van der Waals surface area (Å²) in [4.78, 5) is 27.2. The Balaban J connectivity index is 1.42. The fourth-order valence-corrected chi connectivity index (χ4v) is 5.26. The highest BCUT2D eigenvalue weighted by atomic mass is 19.2. The van der Waals surface area contributed by atoms with E-state index in [1.54, 1.807) is 0 Å². The van der Waals surface area contributed by atoms with Crippen LogP contribution < -0.4 is 10.6 Å². The molecule has 2 fully saturated rings. The summed E-state index contributed by atoms with van der Waals surface area (Å²) in [6.45, 7) is 3.59. The van der Waals surface area contributed by atoms with Gasteiger partial charge in [0, 0.05) is 32.6 Å². The molecule has 1 spiro atoms. The van der Waals surface area contributed by atoms with Crippen LogP contribution in [0.1, 0.15) is 48.4 Å². The second-order valence-corrected chi connectivity index (χ2v) is 9.54. The van der Waals surface area contributed by atoms with Crippen LogP contribution in [0.25, 0.3) is 0 Å². The fourth-order valence-electron chi connectivity index (χ4n) is 5.26. The third-order valence-corrected chi connectivity index (χ3v) is 7.13. The first-order valence-corrected chi connectivity index (χ1v) is 11.8. The lowest BCUT2D eigenvalue weighted by molar-refractivity contribution is -0.157. The Morgan fingerprint density at radius 2 is 1.94 bits per heavy atom. The molecule has 2 heterocycles. The highest BCUT2D eigenvalue weighted by molar-refractivity contribution is 5.82. The van der Waals surface area contributed by atoms with E-state index in [0.29, 0.717) is 43.7 Å². The van der Waals surface area contributed by atoms with Crippen LogP contribution in [-0.2, 0) is 39.6 Å². The molecule has 1 saturated carbocycles. The minimum Gasteiger partial charge on any atom is -0.365 e. The third kappa shape index (κ3) is 4.32. The molecule has 6 nitrogen and oxygen atoms in total. The van der Waals surface area contributed by atoms with Crippen molar-refractivity contribution in [3.05, 3.63) is 70.3 Å². The lowest BCUT2D eigenvalue weighted by Crippen LogP contribution is -2.55. The first kappa shape index (κ1) is 22.9. The van der Waals surface area contributed by atoms with Crippen LogP contribution >= 0.6 is 0 Å². The van der Waals surface area contributed by atoms with Gasteiger partial charge >= 0.3 is 0 Å². The summed E-state index contributed by atoms with van der Waals surface area (Å²) in [6.07, 6.45) is 2.41. The highest BCUT2D eigenvalue weighted by Gasteiger charge is 2.53. The number of amides is 2. The lowest BCUT2D eigenvalue weighted by Gasteiger charge is -2.43. The number of hydrogen-bond acceptors (Lipinski definition) is 4. The van der Waals surface area contributed by atoms with Crippen molar-refractivity contribution >= 4 is 11.8 Å². The molecule has 2 atom stereocenters. The van der Waals surface area contributed by atoms with Gasteiger partial charge in [-0.05, 0) is 60.2 Å². The van der Waals surface area contributed by atoms with Gasteiger partial charge < -0.3 is 20.3 Å². The molecule has 3 aliphatic rings. The molecule has 34 heavy (non-hydrogen) atoms. The number of ether oxygens (including phenoxy) is 1. The maximum absolute atomic E-state index is 14.2. The van der Waals surface area contributed by atoms with Gasteiger partial charge in [-0.1, -0.05) is 24.3 Å². The van der Waals surface area contributed by atoms with E-state index in [-0.39, 0.29) is 24.5 Å². The van der Waals surface area contributed by atoms with Crippen molar-refractivity contribution in [1.82, 2.24) is 15.5 Å². The monoisotopic (exact) mass is 469 g/mol. The molecule has 180 valence electrons. The fraction of sp³-hybridized carbons (Fsp3) is 0.462. The molecule has 1 aliphatic carbocycles. The normalized spacial score (nSPS) is 23.6. The Morgan fingerprint density at radius 1 is 1.18 bits per heavy atom. The third-order valence-electron chi connectivity index (χ3n) is 7.13. The van der Waals surface area contributed by atoms with E-state index in [0.717, 1.165) is 24.0 Å². The average molecular weight is 470 g/mol. The molecule has 2 amide bonds. The van der Waals surface area contributed by atoms with E-state index >= 15 is 0 Å². The Bertz CT molecular complexity index is 1120. The van der Waals surface area contributed by atoms with Gasteiger partial charge in [-0.2, -0.15) is 0 Å². The van der Waals surface area contributed by atoms with Gasteiger partial charge in [-0.15, -0.1) is 0 Å². The standard InChI is InChI=1S/C26H29F2N3O3/c1-16(32)30-12-17-3-2-4-18(9-17)14-31(20-5-6-20)25(33)22-13-29-8-7-26(22)21-11-24(28)23(27)10-19(21)15-34-26/h2-4,9-11,20,22,29H,5-8,12-15H2,1H3,(H,30,32). The summed E-state index contributed by atoms with van der Waals surface area (Å²) >= 11 is 0. The lowest BCUT2D eigenvalue weighted by atomic mass is 9.75. The first-order valence-electron chi connectivity index (χ1n) is 11.8. The summed E-state index contributed by atoms with van der Waals surface area (Å²) in [6, 6.07) is 10.4. The Morgan fingerprint density at radius 3 is 2.71 bits per heavy atom. The molecular weight excluding hydrogens is 440 g/mol. The number of halogens is 2. The van der Waals surface area contributed by atoms with Crippen molar-refractivity contribution in [2.24, 2.45) is 5.92 Å². The Hall–Kier alpha value is -2.84. The van der Waals surface area contributed by atoms with Gasteiger partial charge in [0.25, 0.3) is 0 Å². The van der Waals surface area contributed by atoms with E-state index < -0.39 is 23.2 Å². The van der Waals surface area contributed by atoms with Gasteiger partial charge in [0.1, 0.15) is 5.60 Å². The smallest absolute Gasteiger partial charge is 0.230 e. The van der Waals surface area contributed by atoms with Crippen molar-refractivity contribution in [3.8, 4) is 0 Å². The van der Waals surface area contributed by atoms with Crippen molar-refractivity contribution in [2.75, 3.05) is 13.1 Å². The van der Waals surface area contributed by atoms with Gasteiger partial charge in [0.15, 0.2) is 11.6 Å². The van der Waals surface area contributed by atoms with Crippen LogP contribution in [0.5, 0.6) is 0 Å². The predicted octanol–water partition coefficient (Wildman–Crippen LogP) is 3.13. The average Bonchev–Trinajstić information content (AvgIpc) is 3.62. The maximum Gasteiger partial charge on any atom is 0.230 e. The molecule has 2 aromatic carbocycles. The summed E-state index contributed by atoms with van der Waals surface area (Å²) in [5, 5.41) is 6.10. The van der Waals surface area contributed by atoms with Crippen molar-refractivity contribution in [2.45, 2.75) is 57.5 Å². The van der Waals surface area contributed by atoms with Crippen LogP contribution in [-0.4, -0.2) is 35.8 Å². The van der Waals surface area contributed by atoms with Crippen molar-refractivity contribution < 1.29 is 23.1 Å².